The molecule has 1 unspecified atom stereocenters. The molecule has 0 aromatic heterocycles. The number of halogens is 3. The Balaban J connectivity index is 2.84. The third kappa shape index (κ3) is 3.53. The van der Waals surface area contributed by atoms with Crippen LogP contribution in [0.15, 0.2) is 12.1 Å². The van der Waals surface area contributed by atoms with Gasteiger partial charge < -0.3 is 5.32 Å². The lowest BCUT2D eigenvalue weighted by Crippen LogP contribution is -2.23. The minimum atomic E-state index is 0.171. The number of rotatable bonds is 4. The first-order chi connectivity index (χ1) is 7.43. The molecule has 4 heteroatoms. The topological polar surface area (TPSA) is 12.0 Å². The molecular formula is C12H16Cl3N. The van der Waals surface area contributed by atoms with Crippen molar-refractivity contribution in [3.8, 4) is 0 Å². The first kappa shape index (κ1) is 14.1. The molecule has 0 radical (unpaired) electrons. The lowest BCUT2D eigenvalue weighted by Gasteiger charge is -2.18. The summed E-state index contributed by atoms with van der Waals surface area (Å²) in [4.78, 5) is 0. The highest BCUT2D eigenvalue weighted by Gasteiger charge is 2.14. The van der Waals surface area contributed by atoms with E-state index in [1.807, 2.05) is 6.07 Å². The Labute approximate surface area is 112 Å². The molecule has 0 saturated carbocycles. The lowest BCUT2D eigenvalue weighted by atomic mass is 10.1. The Kier molecular flexibility index (Phi) is 5.39. The highest BCUT2D eigenvalue weighted by atomic mass is 35.5. The molecule has 0 aliphatic heterocycles. The predicted octanol–water partition coefficient (Wildman–Crippen LogP) is 4.95. The molecule has 16 heavy (non-hydrogen) atoms. The van der Waals surface area contributed by atoms with E-state index >= 15 is 0 Å². The summed E-state index contributed by atoms with van der Waals surface area (Å²) in [6.45, 7) is 7.33. The van der Waals surface area contributed by atoms with E-state index in [4.69, 9.17) is 34.8 Å². The lowest BCUT2D eigenvalue weighted by molar-refractivity contribution is 0.496. The summed E-state index contributed by atoms with van der Waals surface area (Å²) in [5.74, 6) is 0.601. The fraction of sp³-hybridized carbons (Fsp3) is 0.500. The van der Waals surface area contributed by atoms with Crippen molar-refractivity contribution in [3.05, 3.63) is 32.8 Å². The van der Waals surface area contributed by atoms with Crippen LogP contribution in [-0.2, 0) is 0 Å². The Morgan fingerprint density at radius 1 is 1.06 bits per heavy atom. The van der Waals surface area contributed by atoms with Gasteiger partial charge in [-0.15, -0.1) is 0 Å². The normalized spacial score (nSPS) is 13.2. The van der Waals surface area contributed by atoms with Crippen molar-refractivity contribution in [3.63, 3.8) is 0 Å². The second kappa shape index (κ2) is 6.11. The van der Waals surface area contributed by atoms with Crippen LogP contribution >= 0.6 is 34.8 Å². The highest BCUT2D eigenvalue weighted by Crippen LogP contribution is 2.35. The van der Waals surface area contributed by atoms with Crippen molar-refractivity contribution in [1.82, 2.24) is 5.32 Å². The minimum Gasteiger partial charge on any atom is -0.310 e. The number of benzene rings is 1. The third-order valence-corrected chi connectivity index (χ3v) is 3.67. The summed E-state index contributed by atoms with van der Waals surface area (Å²) in [5, 5.41) is 4.86. The van der Waals surface area contributed by atoms with E-state index in [1.54, 1.807) is 6.07 Å². The van der Waals surface area contributed by atoms with Gasteiger partial charge in [0.1, 0.15) is 0 Å². The monoisotopic (exact) mass is 279 g/mol. The fourth-order valence-corrected chi connectivity index (χ4v) is 2.10. The molecule has 0 aliphatic carbocycles. The number of hydrogen-bond acceptors (Lipinski definition) is 1. The van der Waals surface area contributed by atoms with Crippen molar-refractivity contribution in [2.75, 3.05) is 6.54 Å². The van der Waals surface area contributed by atoms with Crippen molar-refractivity contribution >= 4 is 34.8 Å². The van der Waals surface area contributed by atoms with E-state index in [1.165, 1.54) is 0 Å². The summed E-state index contributed by atoms with van der Waals surface area (Å²) in [5.41, 5.74) is 0.983. The molecule has 1 aromatic rings. The summed E-state index contributed by atoms with van der Waals surface area (Å²) >= 11 is 18.0. The maximum absolute atomic E-state index is 6.15. The highest BCUT2D eigenvalue weighted by molar-refractivity contribution is 6.48. The van der Waals surface area contributed by atoms with Crippen LogP contribution in [0.5, 0.6) is 0 Å². The van der Waals surface area contributed by atoms with Gasteiger partial charge in [-0.1, -0.05) is 54.7 Å². The summed E-state index contributed by atoms with van der Waals surface area (Å²) in [6.07, 6.45) is 0. The first-order valence-corrected chi connectivity index (χ1v) is 6.43. The zero-order valence-electron chi connectivity index (χ0n) is 9.65. The van der Waals surface area contributed by atoms with Crippen LogP contribution in [0, 0.1) is 5.92 Å². The maximum Gasteiger partial charge on any atom is 0.0781 e. The van der Waals surface area contributed by atoms with Gasteiger partial charge in [0.2, 0.25) is 0 Å². The Bertz CT molecular complexity index is 364. The largest absolute Gasteiger partial charge is 0.310 e. The number of hydrogen-bond donors (Lipinski definition) is 1. The molecule has 1 nitrogen and oxygen atoms in total. The van der Waals surface area contributed by atoms with E-state index in [0.29, 0.717) is 21.0 Å². The van der Waals surface area contributed by atoms with Crippen LogP contribution in [-0.4, -0.2) is 6.54 Å². The van der Waals surface area contributed by atoms with E-state index < -0.39 is 0 Å². The Morgan fingerprint density at radius 2 is 1.69 bits per heavy atom. The van der Waals surface area contributed by atoms with Crippen molar-refractivity contribution in [2.24, 2.45) is 5.92 Å². The zero-order valence-corrected chi connectivity index (χ0v) is 11.9. The Hall–Kier alpha value is 0.0500. The van der Waals surface area contributed by atoms with Gasteiger partial charge in [0.15, 0.2) is 0 Å². The molecule has 1 atom stereocenters. The smallest absolute Gasteiger partial charge is 0.0781 e. The SMILES string of the molecule is CC(C)CNC(C)c1ccc(Cl)c(Cl)c1Cl. The summed E-state index contributed by atoms with van der Waals surface area (Å²) in [7, 11) is 0. The standard InChI is InChI=1S/C12H16Cl3N/c1-7(2)6-16-8(3)9-4-5-10(13)12(15)11(9)14/h4-5,7-8,16H,6H2,1-3H3. The zero-order chi connectivity index (χ0) is 12.3. The van der Waals surface area contributed by atoms with Gasteiger partial charge in [-0.05, 0) is 31.0 Å². The molecule has 0 saturated heterocycles. The summed E-state index contributed by atoms with van der Waals surface area (Å²) in [6, 6.07) is 3.86. The van der Waals surface area contributed by atoms with Gasteiger partial charge in [0, 0.05) is 6.04 Å². The second-order valence-electron chi connectivity index (χ2n) is 4.29. The molecule has 1 rings (SSSR count). The van der Waals surface area contributed by atoms with Crippen molar-refractivity contribution in [2.45, 2.75) is 26.8 Å². The molecule has 90 valence electrons. The van der Waals surface area contributed by atoms with Gasteiger partial charge in [0.25, 0.3) is 0 Å². The third-order valence-electron chi connectivity index (χ3n) is 2.36. The quantitative estimate of drug-likeness (QED) is 0.769. The van der Waals surface area contributed by atoms with E-state index in [9.17, 15) is 0 Å². The predicted molar refractivity (Wildman–Crippen MR) is 72.7 cm³/mol. The van der Waals surface area contributed by atoms with Crippen molar-refractivity contribution < 1.29 is 0 Å². The fourth-order valence-electron chi connectivity index (χ4n) is 1.40. The van der Waals surface area contributed by atoms with Gasteiger partial charge >= 0.3 is 0 Å². The molecule has 1 aromatic carbocycles. The Morgan fingerprint density at radius 3 is 2.25 bits per heavy atom. The molecule has 0 aliphatic rings. The van der Waals surface area contributed by atoms with Gasteiger partial charge in [0.05, 0.1) is 15.1 Å². The molecule has 0 bridgehead atoms. The van der Waals surface area contributed by atoms with Crippen molar-refractivity contribution in [1.29, 1.82) is 0 Å². The van der Waals surface area contributed by atoms with Crippen LogP contribution in [0.2, 0.25) is 15.1 Å². The van der Waals surface area contributed by atoms with Crippen LogP contribution in [0.25, 0.3) is 0 Å². The number of nitrogens with one attached hydrogen (secondary N) is 1. The summed E-state index contributed by atoms with van der Waals surface area (Å²) < 4.78 is 0. The van der Waals surface area contributed by atoms with Gasteiger partial charge in [-0.3, -0.25) is 0 Å². The molecular weight excluding hydrogens is 264 g/mol. The molecule has 1 N–H and O–H groups in total. The van der Waals surface area contributed by atoms with E-state index in [-0.39, 0.29) is 6.04 Å². The molecule has 0 spiro atoms. The van der Waals surface area contributed by atoms with Gasteiger partial charge in [-0.25, -0.2) is 0 Å². The first-order valence-electron chi connectivity index (χ1n) is 5.30. The average Bonchev–Trinajstić information content (AvgIpc) is 2.23. The average molecular weight is 281 g/mol. The van der Waals surface area contributed by atoms with Crippen LogP contribution < -0.4 is 5.32 Å². The van der Waals surface area contributed by atoms with Crippen LogP contribution in [0.3, 0.4) is 0 Å². The van der Waals surface area contributed by atoms with Crippen LogP contribution in [0.1, 0.15) is 32.4 Å². The van der Waals surface area contributed by atoms with Gasteiger partial charge in [-0.2, -0.15) is 0 Å². The maximum atomic E-state index is 6.15. The van der Waals surface area contributed by atoms with Crippen LogP contribution in [0.4, 0.5) is 0 Å². The van der Waals surface area contributed by atoms with E-state index in [2.05, 4.69) is 26.1 Å². The second-order valence-corrected chi connectivity index (χ2v) is 5.45. The molecule has 0 amide bonds. The minimum absolute atomic E-state index is 0.171. The van der Waals surface area contributed by atoms with E-state index in [0.717, 1.165) is 12.1 Å². The molecule has 0 fully saturated rings. The molecule has 0 heterocycles.